The number of carbonyl (C=O) groups is 3. The number of imide groups is 1. The minimum atomic E-state index is -1.18. The number of nitrogens with zero attached hydrogens (tertiary/aromatic N) is 2. The first-order chi connectivity index (χ1) is 16.4. The number of aryl methyl sites for hydroxylation is 2. The molecule has 2 unspecified atom stereocenters. The van der Waals surface area contributed by atoms with Crippen molar-refractivity contribution in [3.8, 4) is 11.5 Å². The van der Waals surface area contributed by atoms with Gasteiger partial charge in [-0.3, -0.25) is 14.5 Å². The highest BCUT2D eigenvalue weighted by Gasteiger charge is 2.50. The van der Waals surface area contributed by atoms with Crippen LogP contribution in [0.2, 0.25) is 0 Å². The molecule has 0 spiro atoms. The average Bonchev–Trinajstić information content (AvgIpc) is 3.40. The van der Waals surface area contributed by atoms with Gasteiger partial charge in [0.15, 0.2) is 17.6 Å². The Balaban J connectivity index is 1.26. The predicted molar refractivity (Wildman–Crippen MR) is 125 cm³/mol. The molecule has 8 nitrogen and oxygen atoms in total. The van der Waals surface area contributed by atoms with E-state index < -0.39 is 17.5 Å². The highest BCUT2D eigenvalue weighted by atomic mass is 16.6. The van der Waals surface area contributed by atoms with E-state index in [1.54, 1.807) is 11.8 Å². The molecular formula is C26H29N3O5. The Morgan fingerprint density at radius 2 is 1.91 bits per heavy atom. The van der Waals surface area contributed by atoms with Gasteiger partial charge in [-0.25, -0.2) is 4.79 Å². The van der Waals surface area contributed by atoms with Crippen LogP contribution in [-0.4, -0.2) is 60.0 Å². The molecule has 34 heavy (non-hydrogen) atoms. The molecule has 1 N–H and O–H groups in total. The summed E-state index contributed by atoms with van der Waals surface area (Å²) in [6.45, 7) is 4.29. The van der Waals surface area contributed by atoms with E-state index in [1.807, 2.05) is 49.4 Å². The Kier molecular flexibility index (Phi) is 5.67. The first kappa shape index (κ1) is 22.3. The molecule has 2 aromatic rings. The van der Waals surface area contributed by atoms with Crippen LogP contribution in [0.4, 0.5) is 4.79 Å². The number of hydrogen-bond donors (Lipinski definition) is 1. The molecule has 0 aromatic heterocycles. The third-order valence-corrected chi connectivity index (χ3v) is 6.97. The fourth-order valence-corrected chi connectivity index (χ4v) is 4.96. The summed E-state index contributed by atoms with van der Waals surface area (Å²) < 4.78 is 11.7. The molecule has 4 amide bonds. The number of nitrogens with one attached hydrogen (secondary N) is 1. The highest BCUT2D eigenvalue weighted by Crippen LogP contribution is 2.33. The van der Waals surface area contributed by atoms with Crippen LogP contribution in [0.3, 0.4) is 0 Å². The van der Waals surface area contributed by atoms with E-state index in [4.69, 9.17) is 9.47 Å². The van der Waals surface area contributed by atoms with Gasteiger partial charge in [0, 0.05) is 6.54 Å². The average molecular weight is 464 g/mol. The first-order valence-electron chi connectivity index (χ1n) is 11.8. The van der Waals surface area contributed by atoms with Gasteiger partial charge >= 0.3 is 6.03 Å². The van der Waals surface area contributed by atoms with Crippen LogP contribution in [0.1, 0.15) is 37.0 Å². The monoisotopic (exact) mass is 463 g/mol. The van der Waals surface area contributed by atoms with Crippen LogP contribution in [0.5, 0.6) is 11.5 Å². The second-order valence-corrected chi connectivity index (χ2v) is 9.21. The Hall–Kier alpha value is -3.55. The van der Waals surface area contributed by atoms with Crippen molar-refractivity contribution in [2.75, 3.05) is 26.2 Å². The summed E-state index contributed by atoms with van der Waals surface area (Å²) in [6.07, 6.45) is 2.79. The lowest BCUT2D eigenvalue weighted by molar-refractivity contribution is -0.139. The topological polar surface area (TPSA) is 88.2 Å². The molecule has 5 rings (SSSR count). The summed E-state index contributed by atoms with van der Waals surface area (Å²) >= 11 is 0. The summed E-state index contributed by atoms with van der Waals surface area (Å²) in [5.74, 6) is 0.595. The second-order valence-electron chi connectivity index (χ2n) is 9.21. The standard InChI is InChI=1S/C26H29N3O5/c1-3-28(14-20-16-33-21-9-4-5-10-22(21)34-20)23(30)15-29-24(31)26(2,27-25(29)32)19-12-11-17-7-6-8-18(17)13-19/h4-5,9-13,20H,3,6-8,14-16H2,1-2H3,(H,27,32). The smallest absolute Gasteiger partial charge is 0.325 e. The third-order valence-electron chi connectivity index (χ3n) is 6.97. The third kappa shape index (κ3) is 3.87. The molecule has 8 heteroatoms. The molecule has 2 aliphatic heterocycles. The van der Waals surface area contributed by atoms with Gasteiger partial charge in [0.05, 0.1) is 6.54 Å². The zero-order chi connectivity index (χ0) is 23.9. The number of benzene rings is 2. The number of amides is 4. The summed E-state index contributed by atoms with van der Waals surface area (Å²) in [6, 6.07) is 12.8. The first-order valence-corrected chi connectivity index (χ1v) is 11.8. The zero-order valence-corrected chi connectivity index (χ0v) is 19.5. The minimum absolute atomic E-state index is 0.301. The number of rotatable bonds is 6. The molecule has 1 aliphatic carbocycles. The van der Waals surface area contributed by atoms with Crippen molar-refractivity contribution in [2.45, 2.75) is 44.8 Å². The van der Waals surface area contributed by atoms with Crippen LogP contribution in [-0.2, 0) is 28.0 Å². The minimum Gasteiger partial charge on any atom is -0.486 e. The van der Waals surface area contributed by atoms with E-state index in [9.17, 15) is 14.4 Å². The number of likely N-dealkylation sites (N-methyl/N-ethyl adjacent to an activating group) is 1. The Labute approximate surface area is 198 Å². The van der Waals surface area contributed by atoms with Gasteiger partial charge in [0.25, 0.3) is 5.91 Å². The largest absolute Gasteiger partial charge is 0.486 e. The lowest BCUT2D eigenvalue weighted by Gasteiger charge is -2.31. The van der Waals surface area contributed by atoms with Gasteiger partial charge in [-0.1, -0.05) is 30.3 Å². The van der Waals surface area contributed by atoms with Crippen molar-refractivity contribution in [1.29, 1.82) is 0 Å². The number of urea groups is 1. The molecule has 1 fully saturated rings. The zero-order valence-electron chi connectivity index (χ0n) is 19.5. The summed E-state index contributed by atoms with van der Waals surface area (Å²) in [5, 5.41) is 2.81. The van der Waals surface area contributed by atoms with Gasteiger partial charge in [-0.05, 0) is 61.9 Å². The molecule has 0 saturated carbocycles. The van der Waals surface area contributed by atoms with E-state index in [2.05, 4.69) is 5.32 Å². The predicted octanol–water partition coefficient (Wildman–Crippen LogP) is 2.63. The van der Waals surface area contributed by atoms with Gasteiger partial charge < -0.3 is 19.7 Å². The molecule has 1 saturated heterocycles. The molecule has 0 bridgehead atoms. The van der Waals surface area contributed by atoms with Crippen LogP contribution in [0.25, 0.3) is 0 Å². The number of carbonyl (C=O) groups excluding carboxylic acids is 3. The highest BCUT2D eigenvalue weighted by molar-refractivity contribution is 6.09. The van der Waals surface area contributed by atoms with Crippen molar-refractivity contribution in [2.24, 2.45) is 0 Å². The van der Waals surface area contributed by atoms with Crippen molar-refractivity contribution >= 4 is 17.8 Å². The summed E-state index contributed by atoms with van der Waals surface area (Å²) in [4.78, 5) is 41.8. The number of ether oxygens (including phenoxy) is 2. The van der Waals surface area contributed by atoms with Gasteiger partial charge in [0.1, 0.15) is 18.7 Å². The maximum atomic E-state index is 13.3. The quantitative estimate of drug-likeness (QED) is 0.666. The van der Waals surface area contributed by atoms with Crippen LogP contribution >= 0.6 is 0 Å². The summed E-state index contributed by atoms with van der Waals surface area (Å²) in [7, 11) is 0. The SMILES string of the molecule is CCN(CC1COc2ccccc2O1)C(=O)CN1C(=O)NC(C)(c2ccc3c(c2)CCC3)C1=O. The Morgan fingerprint density at radius 1 is 1.15 bits per heavy atom. The van der Waals surface area contributed by atoms with E-state index in [0.29, 0.717) is 31.2 Å². The molecule has 0 radical (unpaired) electrons. The molecule has 2 atom stereocenters. The maximum absolute atomic E-state index is 13.3. The normalized spacial score (nSPS) is 23.0. The fourth-order valence-electron chi connectivity index (χ4n) is 4.96. The lowest BCUT2D eigenvalue weighted by Crippen LogP contribution is -2.48. The molecule has 178 valence electrons. The van der Waals surface area contributed by atoms with Crippen molar-refractivity contribution in [3.05, 3.63) is 59.2 Å². The van der Waals surface area contributed by atoms with Crippen molar-refractivity contribution in [3.63, 3.8) is 0 Å². The second kappa shape index (κ2) is 8.66. The molecule has 2 aromatic carbocycles. The van der Waals surface area contributed by atoms with Gasteiger partial charge in [-0.2, -0.15) is 0 Å². The maximum Gasteiger partial charge on any atom is 0.325 e. The van der Waals surface area contributed by atoms with E-state index in [-0.39, 0.29) is 18.6 Å². The number of para-hydroxylation sites is 2. The molecular weight excluding hydrogens is 434 g/mol. The summed E-state index contributed by atoms with van der Waals surface area (Å²) in [5.41, 5.74) is 2.09. The van der Waals surface area contributed by atoms with E-state index in [1.165, 1.54) is 11.1 Å². The van der Waals surface area contributed by atoms with Gasteiger partial charge in [0.2, 0.25) is 5.91 Å². The fraction of sp³-hybridized carbons (Fsp3) is 0.423. The van der Waals surface area contributed by atoms with Crippen molar-refractivity contribution in [1.82, 2.24) is 15.1 Å². The lowest BCUT2D eigenvalue weighted by atomic mass is 9.89. The number of fused-ring (bicyclic) bond motifs is 2. The van der Waals surface area contributed by atoms with Crippen LogP contribution in [0, 0.1) is 0 Å². The van der Waals surface area contributed by atoms with Crippen molar-refractivity contribution < 1.29 is 23.9 Å². The molecule has 3 aliphatic rings. The van der Waals surface area contributed by atoms with Gasteiger partial charge in [-0.15, -0.1) is 0 Å². The van der Waals surface area contributed by atoms with E-state index in [0.717, 1.165) is 29.7 Å². The Bertz CT molecular complexity index is 1150. The molecule has 2 heterocycles. The Morgan fingerprint density at radius 3 is 2.71 bits per heavy atom. The van der Waals surface area contributed by atoms with Crippen LogP contribution < -0.4 is 14.8 Å². The van der Waals surface area contributed by atoms with Crippen LogP contribution in [0.15, 0.2) is 42.5 Å². The number of hydrogen-bond acceptors (Lipinski definition) is 5. The van der Waals surface area contributed by atoms with E-state index >= 15 is 0 Å².